The van der Waals surface area contributed by atoms with Crippen LogP contribution in [0.5, 0.6) is 0 Å². The summed E-state index contributed by atoms with van der Waals surface area (Å²) in [7, 11) is 0. The number of rotatable bonds is 14. The van der Waals surface area contributed by atoms with Gasteiger partial charge in [0.05, 0.1) is 0 Å². The van der Waals surface area contributed by atoms with E-state index in [2.05, 4.69) is 16.0 Å². The molecule has 0 saturated heterocycles. The standard InChI is InChI=1S/C33H37N3O5/c1-23(2)20-27(31(38)36-29(33(40)41)22-26-16-10-5-11-17-26)35-32(39)28(21-25-14-8-4-9-15-25)34-30(37)19-18-24-12-6-3-7-13-24/h3-19,23,27-29H,20-22H2,1-2H3,(H,34,37)(H,35,39)(H,36,38)(H,40,41)/b19-18+/t27-,28-,29+/m1/s1. The Bertz CT molecular complexity index is 1310. The summed E-state index contributed by atoms with van der Waals surface area (Å²) in [6.07, 6.45) is 3.61. The fourth-order valence-electron chi connectivity index (χ4n) is 4.31. The fourth-order valence-corrected chi connectivity index (χ4v) is 4.31. The van der Waals surface area contributed by atoms with E-state index in [1.807, 2.05) is 80.6 Å². The van der Waals surface area contributed by atoms with E-state index in [9.17, 15) is 24.3 Å². The molecule has 3 aromatic carbocycles. The van der Waals surface area contributed by atoms with Crippen molar-refractivity contribution >= 4 is 29.8 Å². The van der Waals surface area contributed by atoms with Gasteiger partial charge < -0.3 is 21.1 Å². The number of carboxylic acids is 1. The highest BCUT2D eigenvalue weighted by Gasteiger charge is 2.30. The Morgan fingerprint density at radius 1 is 0.659 bits per heavy atom. The number of aliphatic carboxylic acids is 1. The molecule has 4 N–H and O–H groups in total. The molecule has 0 saturated carbocycles. The van der Waals surface area contributed by atoms with E-state index in [-0.39, 0.29) is 25.2 Å². The van der Waals surface area contributed by atoms with Gasteiger partial charge in [0.2, 0.25) is 17.7 Å². The van der Waals surface area contributed by atoms with Crippen LogP contribution in [-0.2, 0) is 32.0 Å². The summed E-state index contributed by atoms with van der Waals surface area (Å²) in [6, 6.07) is 24.4. The molecule has 0 spiro atoms. The zero-order chi connectivity index (χ0) is 29.6. The molecule has 0 aromatic heterocycles. The molecule has 0 unspecified atom stereocenters. The summed E-state index contributed by atoms with van der Waals surface area (Å²) in [6.45, 7) is 3.81. The van der Waals surface area contributed by atoms with Crippen LogP contribution >= 0.6 is 0 Å². The quantitative estimate of drug-likeness (QED) is 0.226. The Labute approximate surface area is 240 Å². The molecule has 0 heterocycles. The molecule has 0 aliphatic heterocycles. The summed E-state index contributed by atoms with van der Waals surface area (Å²) in [5, 5.41) is 17.9. The molecule has 8 heteroatoms. The first-order chi connectivity index (χ1) is 19.7. The van der Waals surface area contributed by atoms with E-state index in [1.54, 1.807) is 30.3 Å². The van der Waals surface area contributed by atoms with Crippen LogP contribution in [0.1, 0.15) is 37.0 Å². The predicted octanol–water partition coefficient (Wildman–Crippen LogP) is 3.77. The second-order valence-electron chi connectivity index (χ2n) is 10.3. The van der Waals surface area contributed by atoms with Crippen molar-refractivity contribution < 1.29 is 24.3 Å². The Kier molecular flexibility index (Phi) is 11.8. The van der Waals surface area contributed by atoms with E-state index >= 15 is 0 Å². The van der Waals surface area contributed by atoms with Gasteiger partial charge in [-0.1, -0.05) is 105 Å². The highest BCUT2D eigenvalue weighted by molar-refractivity contribution is 5.97. The third-order valence-electron chi connectivity index (χ3n) is 6.38. The average molecular weight is 556 g/mol. The lowest BCUT2D eigenvalue weighted by Gasteiger charge is -2.25. The second-order valence-corrected chi connectivity index (χ2v) is 10.3. The van der Waals surface area contributed by atoms with Gasteiger partial charge in [-0.15, -0.1) is 0 Å². The maximum atomic E-state index is 13.5. The van der Waals surface area contributed by atoms with Crippen LogP contribution in [0.15, 0.2) is 97.1 Å². The molecule has 3 aromatic rings. The molecule has 3 amide bonds. The first-order valence-corrected chi connectivity index (χ1v) is 13.7. The molecule has 3 rings (SSSR count). The van der Waals surface area contributed by atoms with E-state index < -0.39 is 41.8 Å². The third kappa shape index (κ3) is 10.8. The van der Waals surface area contributed by atoms with Gasteiger partial charge in [-0.25, -0.2) is 4.79 Å². The molecule has 8 nitrogen and oxygen atoms in total. The SMILES string of the molecule is CC(C)C[C@@H](NC(=O)[C@@H](Cc1ccccc1)NC(=O)/C=C/c1ccccc1)C(=O)N[C@@H](Cc1ccccc1)C(=O)O. The van der Waals surface area contributed by atoms with Gasteiger partial charge in [0.25, 0.3) is 0 Å². The topological polar surface area (TPSA) is 125 Å². The molecule has 0 fully saturated rings. The van der Waals surface area contributed by atoms with Crippen LogP contribution < -0.4 is 16.0 Å². The predicted molar refractivity (Wildman–Crippen MR) is 159 cm³/mol. The molecule has 0 radical (unpaired) electrons. The summed E-state index contributed by atoms with van der Waals surface area (Å²) < 4.78 is 0. The maximum Gasteiger partial charge on any atom is 0.326 e. The van der Waals surface area contributed by atoms with Crippen molar-refractivity contribution in [2.24, 2.45) is 5.92 Å². The maximum absolute atomic E-state index is 13.5. The number of hydrogen-bond acceptors (Lipinski definition) is 4. The van der Waals surface area contributed by atoms with Crippen molar-refractivity contribution in [3.8, 4) is 0 Å². The van der Waals surface area contributed by atoms with Gasteiger partial charge in [0.1, 0.15) is 18.1 Å². The number of nitrogens with one attached hydrogen (secondary N) is 3. The molecule has 214 valence electrons. The van der Waals surface area contributed by atoms with Crippen molar-refractivity contribution in [1.29, 1.82) is 0 Å². The van der Waals surface area contributed by atoms with Crippen molar-refractivity contribution in [3.05, 3.63) is 114 Å². The van der Waals surface area contributed by atoms with Gasteiger partial charge >= 0.3 is 5.97 Å². The van der Waals surface area contributed by atoms with E-state index in [0.717, 1.165) is 16.7 Å². The van der Waals surface area contributed by atoms with Crippen LogP contribution in [0.25, 0.3) is 6.08 Å². The van der Waals surface area contributed by atoms with Crippen LogP contribution in [0.4, 0.5) is 0 Å². The number of amides is 3. The molecule has 0 bridgehead atoms. The first-order valence-electron chi connectivity index (χ1n) is 13.7. The Balaban J connectivity index is 1.75. The number of carbonyl (C=O) groups excluding carboxylic acids is 3. The largest absolute Gasteiger partial charge is 0.480 e. The van der Waals surface area contributed by atoms with Gasteiger partial charge in [0, 0.05) is 18.9 Å². The van der Waals surface area contributed by atoms with Crippen LogP contribution in [0.2, 0.25) is 0 Å². The lowest BCUT2D eigenvalue weighted by atomic mass is 10.00. The van der Waals surface area contributed by atoms with Gasteiger partial charge in [0.15, 0.2) is 0 Å². The third-order valence-corrected chi connectivity index (χ3v) is 6.38. The van der Waals surface area contributed by atoms with Gasteiger partial charge in [-0.2, -0.15) is 0 Å². The van der Waals surface area contributed by atoms with E-state index in [4.69, 9.17) is 0 Å². The highest BCUT2D eigenvalue weighted by atomic mass is 16.4. The summed E-state index contributed by atoms with van der Waals surface area (Å²) in [4.78, 5) is 51.5. The second kappa shape index (κ2) is 15.8. The summed E-state index contributed by atoms with van der Waals surface area (Å²) >= 11 is 0. The molecule has 0 aliphatic carbocycles. The minimum atomic E-state index is -1.17. The zero-order valence-corrected chi connectivity index (χ0v) is 23.3. The Morgan fingerprint density at radius 3 is 1.63 bits per heavy atom. The monoisotopic (exact) mass is 555 g/mol. The lowest BCUT2D eigenvalue weighted by Crippen LogP contribution is -2.56. The van der Waals surface area contributed by atoms with E-state index in [0.29, 0.717) is 0 Å². The number of carboxylic acid groups (broad SMARTS) is 1. The number of hydrogen-bond donors (Lipinski definition) is 4. The molecule has 0 aliphatic rings. The minimum absolute atomic E-state index is 0.0272. The summed E-state index contributed by atoms with van der Waals surface area (Å²) in [5.41, 5.74) is 2.43. The van der Waals surface area contributed by atoms with Gasteiger partial charge in [-0.05, 0) is 35.1 Å². The summed E-state index contributed by atoms with van der Waals surface area (Å²) in [5.74, 6) is -2.73. The average Bonchev–Trinajstić information content (AvgIpc) is 2.96. The smallest absolute Gasteiger partial charge is 0.326 e. The van der Waals surface area contributed by atoms with Gasteiger partial charge in [-0.3, -0.25) is 14.4 Å². The molecule has 3 atom stereocenters. The van der Waals surface area contributed by atoms with Crippen molar-refractivity contribution in [2.75, 3.05) is 0 Å². The van der Waals surface area contributed by atoms with Crippen LogP contribution in [-0.4, -0.2) is 46.9 Å². The van der Waals surface area contributed by atoms with Crippen molar-refractivity contribution in [2.45, 2.75) is 51.2 Å². The fraction of sp³-hybridized carbons (Fsp3) is 0.273. The Morgan fingerprint density at radius 2 is 1.12 bits per heavy atom. The van der Waals surface area contributed by atoms with Crippen LogP contribution in [0, 0.1) is 5.92 Å². The molecule has 41 heavy (non-hydrogen) atoms. The van der Waals surface area contributed by atoms with Crippen molar-refractivity contribution in [1.82, 2.24) is 16.0 Å². The number of carbonyl (C=O) groups is 4. The van der Waals surface area contributed by atoms with Crippen molar-refractivity contribution in [3.63, 3.8) is 0 Å². The normalized spacial score (nSPS) is 13.2. The zero-order valence-electron chi connectivity index (χ0n) is 23.3. The highest BCUT2D eigenvalue weighted by Crippen LogP contribution is 2.10. The molecular weight excluding hydrogens is 518 g/mol. The number of benzene rings is 3. The minimum Gasteiger partial charge on any atom is -0.480 e. The van der Waals surface area contributed by atoms with Crippen LogP contribution in [0.3, 0.4) is 0 Å². The first kappa shape index (κ1) is 30.8. The van der Waals surface area contributed by atoms with E-state index in [1.165, 1.54) is 6.08 Å². The lowest BCUT2D eigenvalue weighted by molar-refractivity contribution is -0.142. The Hall–Kier alpha value is -4.72. The molecular formula is C33H37N3O5.